The van der Waals surface area contributed by atoms with E-state index in [4.69, 9.17) is 0 Å². The molecule has 0 aliphatic carbocycles. The Balaban J connectivity index is 3.02. The molecule has 0 aliphatic rings. The van der Waals surface area contributed by atoms with Crippen LogP contribution >= 0.6 is 27.3 Å². The SMILES string of the molecule is C\C(=C/C=C(\C=N\C(=O)c1ccc(Br)s1)C(C)(F)F)N(C)N(C)C. The van der Waals surface area contributed by atoms with E-state index in [0.717, 1.165) is 22.6 Å². The smallest absolute Gasteiger partial charge is 0.287 e. The molecule has 0 fully saturated rings. The number of rotatable bonds is 6. The maximum atomic E-state index is 13.7. The van der Waals surface area contributed by atoms with Crippen LogP contribution in [0, 0.1) is 0 Å². The third-order valence-corrected chi connectivity index (χ3v) is 4.84. The number of carbonyl (C=O) groups is 1. The van der Waals surface area contributed by atoms with Gasteiger partial charge in [0.1, 0.15) is 0 Å². The van der Waals surface area contributed by atoms with Crippen LogP contribution in [0.15, 0.2) is 44.3 Å². The van der Waals surface area contributed by atoms with Crippen molar-refractivity contribution in [3.05, 3.63) is 44.2 Å². The zero-order valence-corrected chi connectivity index (χ0v) is 16.6. The first kappa shape index (κ1) is 20.7. The molecule has 0 saturated heterocycles. The molecule has 1 rings (SSSR count). The van der Waals surface area contributed by atoms with Crippen LogP contribution in [-0.4, -0.2) is 49.2 Å². The fourth-order valence-electron chi connectivity index (χ4n) is 1.56. The molecule has 132 valence electrons. The number of allylic oxidation sites excluding steroid dienone is 4. The van der Waals surface area contributed by atoms with Gasteiger partial charge in [0.2, 0.25) is 0 Å². The molecule has 0 radical (unpaired) electrons. The summed E-state index contributed by atoms with van der Waals surface area (Å²) in [5, 5.41) is 3.61. The fourth-order valence-corrected chi connectivity index (χ4v) is 2.84. The number of halogens is 3. The molecule has 8 heteroatoms. The number of hydrogen-bond donors (Lipinski definition) is 0. The largest absolute Gasteiger partial charge is 0.314 e. The van der Waals surface area contributed by atoms with E-state index in [1.165, 1.54) is 17.4 Å². The highest BCUT2D eigenvalue weighted by atomic mass is 79.9. The summed E-state index contributed by atoms with van der Waals surface area (Å²) in [6.45, 7) is 2.57. The Hall–Kier alpha value is -1.38. The van der Waals surface area contributed by atoms with E-state index in [1.54, 1.807) is 30.1 Å². The third-order valence-electron chi connectivity index (χ3n) is 3.23. The Kier molecular flexibility index (Phi) is 7.44. The number of hydrazine groups is 1. The highest BCUT2D eigenvalue weighted by molar-refractivity contribution is 9.11. The van der Waals surface area contributed by atoms with Gasteiger partial charge in [-0.1, -0.05) is 0 Å². The van der Waals surface area contributed by atoms with Crippen molar-refractivity contribution in [3.8, 4) is 0 Å². The number of amides is 1. The van der Waals surface area contributed by atoms with Crippen molar-refractivity contribution in [3.63, 3.8) is 0 Å². The summed E-state index contributed by atoms with van der Waals surface area (Å²) in [6, 6.07) is 3.31. The second kappa shape index (κ2) is 8.64. The Morgan fingerprint density at radius 3 is 2.38 bits per heavy atom. The molecule has 0 unspecified atom stereocenters. The fraction of sp³-hybridized carbons (Fsp3) is 0.375. The van der Waals surface area contributed by atoms with E-state index >= 15 is 0 Å². The summed E-state index contributed by atoms with van der Waals surface area (Å²) in [7, 11) is 5.50. The first-order valence-corrected chi connectivity index (χ1v) is 8.65. The van der Waals surface area contributed by atoms with E-state index in [1.807, 2.05) is 26.2 Å². The standard InChI is InChI=1S/C16H20BrF2N3OS/c1-11(22(5)21(3)4)6-7-12(16(2,18)19)10-20-15(23)13-8-9-14(17)24-13/h6-10H,1-5H3/b11-6+,12-7+,20-10+. The number of thiophene rings is 1. The summed E-state index contributed by atoms with van der Waals surface area (Å²) in [5.41, 5.74) is 0.432. The summed E-state index contributed by atoms with van der Waals surface area (Å²) < 4.78 is 28.2. The lowest BCUT2D eigenvalue weighted by Gasteiger charge is -2.26. The van der Waals surface area contributed by atoms with Gasteiger partial charge in [-0.25, -0.2) is 18.8 Å². The van der Waals surface area contributed by atoms with Crippen LogP contribution < -0.4 is 0 Å². The lowest BCUT2D eigenvalue weighted by atomic mass is 10.1. The number of nitrogens with zero attached hydrogens (tertiary/aromatic N) is 3. The number of alkyl halides is 2. The second-order valence-corrected chi connectivity index (χ2v) is 7.82. The van der Waals surface area contributed by atoms with Gasteiger partial charge >= 0.3 is 0 Å². The molecule has 0 aromatic carbocycles. The molecule has 0 bridgehead atoms. The number of carbonyl (C=O) groups excluding carboxylic acids is 1. The van der Waals surface area contributed by atoms with Gasteiger partial charge in [-0.3, -0.25) is 4.79 Å². The van der Waals surface area contributed by atoms with Crippen LogP contribution in [0.3, 0.4) is 0 Å². The van der Waals surface area contributed by atoms with Gasteiger partial charge < -0.3 is 5.01 Å². The molecule has 0 spiro atoms. The summed E-state index contributed by atoms with van der Waals surface area (Å²) in [4.78, 5) is 16.0. The van der Waals surface area contributed by atoms with Crippen molar-refractivity contribution in [2.45, 2.75) is 19.8 Å². The average Bonchev–Trinajstić information content (AvgIpc) is 2.90. The lowest BCUT2D eigenvalue weighted by Crippen LogP contribution is -2.31. The van der Waals surface area contributed by atoms with Crippen molar-refractivity contribution in [2.75, 3.05) is 21.1 Å². The van der Waals surface area contributed by atoms with Gasteiger partial charge in [0, 0.05) is 45.6 Å². The predicted molar refractivity (Wildman–Crippen MR) is 98.8 cm³/mol. The third kappa shape index (κ3) is 6.26. The Labute approximate surface area is 153 Å². The Bertz CT molecular complexity index is 675. The van der Waals surface area contributed by atoms with Crippen molar-refractivity contribution in [1.29, 1.82) is 0 Å². The molecule has 0 saturated carbocycles. The summed E-state index contributed by atoms with van der Waals surface area (Å²) in [5.74, 6) is -3.65. The van der Waals surface area contributed by atoms with Crippen molar-refractivity contribution in [2.24, 2.45) is 4.99 Å². The van der Waals surface area contributed by atoms with Crippen LogP contribution in [0.5, 0.6) is 0 Å². The maximum absolute atomic E-state index is 13.7. The van der Waals surface area contributed by atoms with Crippen LogP contribution in [-0.2, 0) is 0 Å². The molecule has 0 N–H and O–H groups in total. The number of hydrogen-bond acceptors (Lipinski definition) is 4. The van der Waals surface area contributed by atoms with Gasteiger partial charge in [-0.2, -0.15) is 0 Å². The Morgan fingerprint density at radius 1 is 1.29 bits per heavy atom. The number of aliphatic imine (C=N–C) groups is 1. The zero-order valence-electron chi connectivity index (χ0n) is 14.2. The molecule has 0 aliphatic heterocycles. The molecular weight excluding hydrogens is 400 g/mol. The minimum absolute atomic E-state index is 0.335. The minimum Gasteiger partial charge on any atom is -0.314 e. The molecule has 24 heavy (non-hydrogen) atoms. The molecule has 1 aromatic heterocycles. The molecule has 4 nitrogen and oxygen atoms in total. The van der Waals surface area contributed by atoms with E-state index in [0.29, 0.717) is 4.88 Å². The molecule has 1 heterocycles. The van der Waals surface area contributed by atoms with Crippen molar-refractivity contribution >= 4 is 39.4 Å². The van der Waals surface area contributed by atoms with Gasteiger partial charge in [-0.15, -0.1) is 11.3 Å². The van der Waals surface area contributed by atoms with Crippen molar-refractivity contribution in [1.82, 2.24) is 10.0 Å². The predicted octanol–water partition coefficient (Wildman–Crippen LogP) is 4.62. The summed E-state index contributed by atoms with van der Waals surface area (Å²) >= 11 is 4.45. The quantitative estimate of drug-likeness (QED) is 0.383. The minimum atomic E-state index is -3.10. The van der Waals surface area contributed by atoms with Crippen LogP contribution in [0.2, 0.25) is 0 Å². The average molecular weight is 420 g/mol. The van der Waals surface area contributed by atoms with Crippen LogP contribution in [0.4, 0.5) is 8.78 Å². The molecule has 0 atom stereocenters. The highest BCUT2D eigenvalue weighted by Gasteiger charge is 2.26. The Morgan fingerprint density at radius 2 is 1.92 bits per heavy atom. The molecule has 1 amide bonds. The van der Waals surface area contributed by atoms with Gasteiger partial charge in [0.15, 0.2) is 0 Å². The topological polar surface area (TPSA) is 35.9 Å². The van der Waals surface area contributed by atoms with E-state index in [-0.39, 0.29) is 5.57 Å². The van der Waals surface area contributed by atoms with E-state index in [2.05, 4.69) is 20.9 Å². The first-order chi connectivity index (χ1) is 11.0. The monoisotopic (exact) mass is 419 g/mol. The summed E-state index contributed by atoms with van der Waals surface area (Å²) in [6.07, 6.45) is 3.76. The van der Waals surface area contributed by atoms with Gasteiger partial charge in [-0.05, 0) is 47.1 Å². The maximum Gasteiger partial charge on any atom is 0.287 e. The van der Waals surface area contributed by atoms with Crippen molar-refractivity contribution < 1.29 is 13.6 Å². The van der Waals surface area contributed by atoms with Crippen LogP contribution in [0.25, 0.3) is 0 Å². The molecular formula is C16H20BrF2N3OS. The highest BCUT2D eigenvalue weighted by Crippen LogP contribution is 2.24. The van der Waals surface area contributed by atoms with Gasteiger partial charge in [0.05, 0.1) is 8.66 Å². The first-order valence-electron chi connectivity index (χ1n) is 7.04. The zero-order chi connectivity index (χ0) is 18.5. The normalized spacial score (nSPS) is 13.9. The van der Waals surface area contributed by atoms with Crippen LogP contribution in [0.1, 0.15) is 23.5 Å². The van der Waals surface area contributed by atoms with Gasteiger partial charge in [0.25, 0.3) is 11.8 Å². The molecule has 1 aromatic rings. The second-order valence-electron chi connectivity index (χ2n) is 5.36. The van der Waals surface area contributed by atoms with E-state index < -0.39 is 11.8 Å². The van der Waals surface area contributed by atoms with E-state index in [9.17, 15) is 13.6 Å². The lowest BCUT2D eigenvalue weighted by molar-refractivity contribution is 0.0706.